The van der Waals surface area contributed by atoms with Crippen molar-refractivity contribution >= 4 is 21.8 Å². The number of hydrogen-bond acceptors (Lipinski definition) is 3. The molecule has 0 spiro atoms. The van der Waals surface area contributed by atoms with Gasteiger partial charge < -0.3 is 9.30 Å². The van der Waals surface area contributed by atoms with E-state index in [9.17, 15) is 0 Å². The van der Waals surface area contributed by atoms with Crippen LogP contribution in [0.4, 0.5) is 0 Å². The van der Waals surface area contributed by atoms with Gasteiger partial charge in [-0.05, 0) is 80.8 Å². The van der Waals surface area contributed by atoms with Gasteiger partial charge in [-0.15, -0.1) is 35.7 Å². The van der Waals surface area contributed by atoms with E-state index in [0.717, 1.165) is 57.4 Å². The predicted octanol–water partition coefficient (Wildman–Crippen LogP) is 10.3. The molecular weight excluding hydrogens is 760 g/mol. The van der Waals surface area contributed by atoms with Crippen LogP contribution in [0.25, 0.3) is 33.3 Å². The average Bonchev–Trinajstić information content (AvgIpc) is 3.50. The Morgan fingerprint density at radius 3 is 2.49 bits per heavy atom. The fraction of sp³-hybridized carbons (Fsp3) is 0.317. The number of hydrogen-bond donors (Lipinski definition) is 0. The molecule has 0 N–H and O–H groups in total. The molecule has 0 saturated heterocycles. The maximum atomic E-state index is 6.59. The number of para-hydroxylation sites is 1. The summed E-state index contributed by atoms with van der Waals surface area (Å²) in [6, 6.07) is 28.2. The first-order chi connectivity index (χ1) is 22.2. The van der Waals surface area contributed by atoms with Crippen molar-refractivity contribution in [3.63, 3.8) is 0 Å². The smallest absolute Gasteiger partial charge is 0.509 e. The van der Waals surface area contributed by atoms with Crippen molar-refractivity contribution < 1.29 is 25.8 Å². The molecule has 0 aliphatic heterocycles. The SMILES string of the molecule is CCCc1cc(Oc2[c-]c3c(cc2)c2ccccc2n3-c2cc(C)ccn2)[c-]c(-n2nc(C)c(C3C(C)=C[C@H](C)C[C@@H]3C)c2C)c1.[Pt+2]. The second kappa shape index (κ2) is 13.3. The van der Waals surface area contributed by atoms with E-state index in [1.165, 1.54) is 28.8 Å². The van der Waals surface area contributed by atoms with Crippen molar-refractivity contribution in [3.8, 4) is 23.0 Å². The summed E-state index contributed by atoms with van der Waals surface area (Å²) in [5.41, 5.74) is 10.4. The zero-order chi connectivity index (χ0) is 32.1. The molecule has 3 heterocycles. The summed E-state index contributed by atoms with van der Waals surface area (Å²) in [5, 5.41) is 7.37. The monoisotopic (exact) mass is 801 g/mol. The van der Waals surface area contributed by atoms with Gasteiger partial charge in [0.05, 0.1) is 5.69 Å². The molecule has 242 valence electrons. The van der Waals surface area contributed by atoms with Gasteiger partial charge in [-0.2, -0.15) is 16.7 Å². The van der Waals surface area contributed by atoms with Gasteiger partial charge >= 0.3 is 21.1 Å². The summed E-state index contributed by atoms with van der Waals surface area (Å²) in [6.07, 6.45) is 7.48. The molecule has 0 radical (unpaired) electrons. The first kappa shape index (κ1) is 33.0. The van der Waals surface area contributed by atoms with Crippen LogP contribution in [0.3, 0.4) is 0 Å². The van der Waals surface area contributed by atoms with E-state index in [1.807, 2.05) is 18.3 Å². The minimum atomic E-state index is 0. The second-order valence-electron chi connectivity index (χ2n) is 13.3. The van der Waals surface area contributed by atoms with Crippen LogP contribution in [-0.2, 0) is 27.5 Å². The van der Waals surface area contributed by atoms with E-state index in [0.29, 0.717) is 29.3 Å². The summed E-state index contributed by atoms with van der Waals surface area (Å²) in [4.78, 5) is 4.72. The molecule has 47 heavy (non-hydrogen) atoms. The van der Waals surface area contributed by atoms with Crippen LogP contribution in [-0.4, -0.2) is 19.3 Å². The van der Waals surface area contributed by atoms with Crippen molar-refractivity contribution in [1.82, 2.24) is 19.3 Å². The predicted molar refractivity (Wildman–Crippen MR) is 188 cm³/mol. The first-order valence-corrected chi connectivity index (χ1v) is 16.6. The van der Waals surface area contributed by atoms with Crippen LogP contribution in [0, 0.1) is 44.7 Å². The number of benzene rings is 3. The summed E-state index contributed by atoms with van der Waals surface area (Å²) in [7, 11) is 0. The second-order valence-corrected chi connectivity index (χ2v) is 13.3. The summed E-state index contributed by atoms with van der Waals surface area (Å²) in [6.45, 7) is 15.6. The minimum Gasteiger partial charge on any atom is -0.509 e. The van der Waals surface area contributed by atoms with E-state index >= 15 is 0 Å². The number of fused-ring (bicyclic) bond motifs is 3. The van der Waals surface area contributed by atoms with E-state index < -0.39 is 0 Å². The molecule has 3 aromatic carbocycles. The first-order valence-electron chi connectivity index (χ1n) is 16.6. The molecule has 3 aromatic heterocycles. The van der Waals surface area contributed by atoms with Gasteiger partial charge in [0, 0.05) is 40.4 Å². The Morgan fingerprint density at radius 2 is 1.72 bits per heavy atom. The molecule has 5 nitrogen and oxygen atoms in total. The third kappa shape index (κ3) is 6.11. The maximum Gasteiger partial charge on any atom is 2.00 e. The number of aromatic nitrogens is 4. The molecule has 6 heteroatoms. The molecule has 0 fully saturated rings. The zero-order valence-electron chi connectivity index (χ0n) is 28.3. The van der Waals surface area contributed by atoms with Crippen molar-refractivity contribution in [2.24, 2.45) is 11.8 Å². The largest absolute Gasteiger partial charge is 2.00 e. The molecule has 1 aliphatic rings. The molecule has 0 saturated carbocycles. The number of pyridine rings is 1. The number of ether oxygens (including phenoxy) is 1. The number of rotatable bonds is 7. The van der Waals surface area contributed by atoms with Crippen molar-refractivity contribution in [2.45, 2.75) is 73.6 Å². The zero-order valence-corrected chi connectivity index (χ0v) is 30.6. The molecular formula is C41H42N4OPt. The Bertz CT molecular complexity index is 2120. The van der Waals surface area contributed by atoms with Gasteiger partial charge in [0.1, 0.15) is 5.82 Å². The van der Waals surface area contributed by atoms with E-state index in [2.05, 4.69) is 124 Å². The summed E-state index contributed by atoms with van der Waals surface area (Å²) in [5.74, 6) is 3.74. The van der Waals surface area contributed by atoms with Gasteiger partial charge in [-0.1, -0.05) is 69.0 Å². The van der Waals surface area contributed by atoms with E-state index in [4.69, 9.17) is 14.8 Å². The molecule has 1 aliphatic carbocycles. The fourth-order valence-corrected chi connectivity index (χ4v) is 7.76. The molecule has 0 bridgehead atoms. The van der Waals surface area contributed by atoms with Crippen molar-refractivity contribution in [1.29, 1.82) is 0 Å². The van der Waals surface area contributed by atoms with E-state index in [-0.39, 0.29) is 21.1 Å². The van der Waals surface area contributed by atoms with Gasteiger partial charge in [0.2, 0.25) is 0 Å². The summed E-state index contributed by atoms with van der Waals surface area (Å²) < 4.78 is 10.8. The summed E-state index contributed by atoms with van der Waals surface area (Å²) >= 11 is 0. The maximum absolute atomic E-state index is 6.59. The van der Waals surface area contributed by atoms with E-state index in [1.54, 1.807) is 0 Å². The molecule has 1 unspecified atom stereocenters. The average molecular weight is 802 g/mol. The standard InChI is InChI=1S/C41H42N4O.Pt/c1-8-11-31-21-32(45-30(7)41(29(6)43-45)40-27(4)18-26(3)19-28(40)5)23-34(22-31)46-33-14-15-36-35-12-9-10-13-37(35)44(38(36)24-33)39-20-25(2)16-17-42-39;/h9-10,12-18,20-22,26,28,40H,8,11,19H2,1-7H3;/q-2;+2/t26-,28-,40?;/m0./s1. The Balaban J connectivity index is 0.00000386. The quantitative estimate of drug-likeness (QED) is 0.119. The van der Waals surface area contributed by atoms with Gasteiger partial charge in [0.25, 0.3) is 0 Å². The van der Waals surface area contributed by atoms with Crippen LogP contribution in [0.1, 0.15) is 74.5 Å². The van der Waals surface area contributed by atoms with Crippen molar-refractivity contribution in [2.75, 3.05) is 0 Å². The minimum absolute atomic E-state index is 0. The van der Waals surface area contributed by atoms with Gasteiger partial charge in [-0.25, -0.2) is 4.98 Å². The van der Waals surface area contributed by atoms with Crippen molar-refractivity contribution in [3.05, 3.63) is 119 Å². The van der Waals surface area contributed by atoms with Crippen LogP contribution in [0.15, 0.2) is 78.5 Å². The number of allylic oxidation sites excluding steroid dienone is 2. The molecule has 3 atom stereocenters. The van der Waals surface area contributed by atoms with Crippen LogP contribution in [0.2, 0.25) is 0 Å². The van der Waals surface area contributed by atoms with Crippen LogP contribution >= 0.6 is 0 Å². The molecule has 6 aromatic rings. The Kier molecular flexibility index (Phi) is 9.31. The third-order valence-electron chi connectivity index (χ3n) is 9.57. The number of aryl methyl sites for hydroxylation is 3. The Morgan fingerprint density at radius 1 is 0.915 bits per heavy atom. The van der Waals surface area contributed by atoms with Gasteiger partial charge in [-0.3, -0.25) is 4.68 Å². The molecule has 7 rings (SSSR count). The van der Waals surface area contributed by atoms with Gasteiger partial charge in [0.15, 0.2) is 0 Å². The number of nitrogens with zero attached hydrogens (tertiary/aromatic N) is 4. The third-order valence-corrected chi connectivity index (χ3v) is 9.57. The molecule has 0 amide bonds. The Labute approximate surface area is 292 Å². The topological polar surface area (TPSA) is 44.9 Å². The Hall–Kier alpha value is -3.95. The normalized spacial score (nSPS) is 17.9. The fourth-order valence-electron chi connectivity index (χ4n) is 7.76. The van der Waals surface area contributed by atoms with Crippen LogP contribution in [0.5, 0.6) is 11.5 Å². The van der Waals surface area contributed by atoms with Crippen LogP contribution < -0.4 is 4.74 Å².